The number of para-hydroxylation sites is 2. The van der Waals surface area contributed by atoms with Gasteiger partial charge in [0.1, 0.15) is 0 Å². The largest absolute Gasteiger partial charge is 0.370 e. The maximum Gasteiger partial charge on any atom is 0.261 e. The quantitative estimate of drug-likeness (QED) is 0.830. The fraction of sp³-hybridized carbons (Fsp3) is 0.286. The summed E-state index contributed by atoms with van der Waals surface area (Å²) < 4.78 is 0. The summed E-state index contributed by atoms with van der Waals surface area (Å²) in [5.41, 5.74) is 2.60. The number of fused-ring (bicyclic) bond motifs is 1. The molecule has 0 radical (unpaired) electrons. The molecule has 6 heteroatoms. The lowest BCUT2D eigenvalue weighted by Crippen LogP contribution is -2.33. The van der Waals surface area contributed by atoms with Crippen molar-refractivity contribution >= 4 is 29.1 Å². The molecule has 2 aliphatic rings. The molecule has 0 saturated carbocycles. The second-order valence-corrected chi connectivity index (χ2v) is 6.82. The summed E-state index contributed by atoms with van der Waals surface area (Å²) >= 11 is 0. The van der Waals surface area contributed by atoms with Gasteiger partial charge in [-0.15, -0.1) is 0 Å². The molecule has 0 aliphatic carbocycles. The van der Waals surface area contributed by atoms with Crippen LogP contribution in [-0.2, 0) is 4.79 Å². The van der Waals surface area contributed by atoms with E-state index in [0.717, 1.165) is 42.2 Å². The molecule has 1 N–H and O–H groups in total. The number of nitrogens with one attached hydrogen (secondary N) is 1. The zero-order chi connectivity index (χ0) is 18.8. The smallest absolute Gasteiger partial charge is 0.261 e. The molecule has 1 fully saturated rings. The van der Waals surface area contributed by atoms with Crippen molar-refractivity contribution in [1.82, 2.24) is 4.90 Å². The number of carbonyl (C=O) groups excluding carboxylic acids is 3. The predicted octanol–water partition coefficient (Wildman–Crippen LogP) is 2.91. The zero-order valence-electron chi connectivity index (χ0n) is 15.0. The van der Waals surface area contributed by atoms with E-state index in [9.17, 15) is 14.4 Å². The van der Waals surface area contributed by atoms with Crippen molar-refractivity contribution in [1.29, 1.82) is 0 Å². The molecule has 3 amide bonds. The van der Waals surface area contributed by atoms with Crippen molar-refractivity contribution in [3.8, 4) is 0 Å². The van der Waals surface area contributed by atoms with Gasteiger partial charge in [0.05, 0.1) is 22.5 Å². The molecule has 1 saturated heterocycles. The Balaban J connectivity index is 1.40. The van der Waals surface area contributed by atoms with Crippen LogP contribution in [0.1, 0.15) is 40.0 Å². The van der Waals surface area contributed by atoms with Crippen LogP contribution in [0.5, 0.6) is 0 Å². The second-order valence-electron chi connectivity index (χ2n) is 6.82. The Hall–Kier alpha value is -3.15. The van der Waals surface area contributed by atoms with Crippen LogP contribution in [0.2, 0.25) is 0 Å². The molecule has 2 heterocycles. The molecule has 0 aromatic heterocycles. The van der Waals surface area contributed by atoms with E-state index >= 15 is 0 Å². The van der Waals surface area contributed by atoms with Crippen LogP contribution in [0.4, 0.5) is 11.4 Å². The molecule has 27 heavy (non-hydrogen) atoms. The van der Waals surface area contributed by atoms with Crippen molar-refractivity contribution < 1.29 is 14.4 Å². The lowest BCUT2D eigenvalue weighted by Gasteiger charge is -2.21. The van der Waals surface area contributed by atoms with E-state index in [4.69, 9.17) is 0 Å². The number of rotatable bonds is 5. The molecule has 6 nitrogen and oxygen atoms in total. The summed E-state index contributed by atoms with van der Waals surface area (Å²) in [5, 5.41) is 2.93. The Labute approximate surface area is 157 Å². The van der Waals surface area contributed by atoms with Crippen molar-refractivity contribution in [2.24, 2.45) is 0 Å². The van der Waals surface area contributed by atoms with E-state index in [0.29, 0.717) is 11.1 Å². The van der Waals surface area contributed by atoms with Gasteiger partial charge in [0, 0.05) is 26.1 Å². The Morgan fingerprint density at radius 2 is 1.48 bits per heavy atom. The first kappa shape index (κ1) is 17.3. The monoisotopic (exact) mass is 363 g/mol. The highest BCUT2D eigenvalue weighted by Crippen LogP contribution is 2.29. The SMILES string of the molecule is O=C(CCN1C(=O)c2ccccc2C1=O)Nc1ccccc1N1CCCC1. The van der Waals surface area contributed by atoms with Gasteiger partial charge in [0.25, 0.3) is 11.8 Å². The molecule has 0 unspecified atom stereocenters. The minimum absolute atomic E-state index is 0.0692. The Morgan fingerprint density at radius 1 is 0.889 bits per heavy atom. The van der Waals surface area contributed by atoms with Crippen LogP contribution in [0.15, 0.2) is 48.5 Å². The van der Waals surface area contributed by atoms with Gasteiger partial charge in [0.15, 0.2) is 0 Å². The Kier molecular flexibility index (Phi) is 4.62. The third kappa shape index (κ3) is 3.30. The number of anilines is 2. The molecule has 0 spiro atoms. The van der Waals surface area contributed by atoms with Crippen molar-refractivity contribution in [2.45, 2.75) is 19.3 Å². The summed E-state index contributed by atoms with van der Waals surface area (Å²) in [6.45, 7) is 2.05. The summed E-state index contributed by atoms with van der Waals surface area (Å²) in [6, 6.07) is 14.5. The second kappa shape index (κ2) is 7.23. The Bertz CT molecular complexity index is 868. The number of amides is 3. The van der Waals surface area contributed by atoms with E-state index in [-0.39, 0.29) is 30.7 Å². The number of carbonyl (C=O) groups is 3. The van der Waals surface area contributed by atoms with Crippen molar-refractivity contribution in [3.63, 3.8) is 0 Å². The standard InChI is InChI=1S/C21H21N3O3/c25-19(22-17-9-3-4-10-18(17)23-12-5-6-13-23)11-14-24-20(26)15-7-1-2-8-16(15)21(24)27/h1-4,7-10H,5-6,11-14H2,(H,22,25). The highest BCUT2D eigenvalue weighted by molar-refractivity contribution is 6.21. The van der Waals surface area contributed by atoms with E-state index in [1.165, 1.54) is 0 Å². The van der Waals surface area contributed by atoms with Gasteiger partial charge in [0.2, 0.25) is 5.91 Å². The summed E-state index contributed by atoms with van der Waals surface area (Å²) in [4.78, 5) is 40.6. The minimum Gasteiger partial charge on any atom is -0.370 e. The summed E-state index contributed by atoms with van der Waals surface area (Å²) in [7, 11) is 0. The number of nitrogens with zero attached hydrogens (tertiary/aromatic N) is 2. The molecular weight excluding hydrogens is 342 g/mol. The third-order valence-electron chi connectivity index (χ3n) is 5.07. The fourth-order valence-corrected chi connectivity index (χ4v) is 3.68. The van der Waals surface area contributed by atoms with Crippen LogP contribution in [0.25, 0.3) is 0 Å². The summed E-state index contributed by atoms with van der Waals surface area (Å²) in [6.07, 6.45) is 2.38. The van der Waals surface area contributed by atoms with Gasteiger partial charge in [-0.25, -0.2) is 0 Å². The highest BCUT2D eigenvalue weighted by Gasteiger charge is 2.35. The van der Waals surface area contributed by atoms with Gasteiger partial charge in [-0.3, -0.25) is 19.3 Å². The van der Waals surface area contributed by atoms with Crippen molar-refractivity contribution in [2.75, 3.05) is 29.9 Å². The van der Waals surface area contributed by atoms with Crippen LogP contribution >= 0.6 is 0 Å². The lowest BCUT2D eigenvalue weighted by molar-refractivity contribution is -0.116. The Morgan fingerprint density at radius 3 is 2.15 bits per heavy atom. The maximum absolute atomic E-state index is 12.4. The average Bonchev–Trinajstić information content (AvgIpc) is 3.29. The lowest BCUT2D eigenvalue weighted by atomic mass is 10.1. The topological polar surface area (TPSA) is 69.7 Å². The molecule has 4 rings (SSSR count). The number of hydrogen-bond donors (Lipinski definition) is 1. The minimum atomic E-state index is -0.333. The number of benzene rings is 2. The molecule has 2 aromatic rings. The van der Waals surface area contributed by atoms with E-state index in [1.807, 2.05) is 24.3 Å². The first-order valence-corrected chi connectivity index (χ1v) is 9.24. The van der Waals surface area contributed by atoms with Gasteiger partial charge in [-0.05, 0) is 37.1 Å². The molecule has 2 aromatic carbocycles. The maximum atomic E-state index is 12.4. The number of hydrogen-bond acceptors (Lipinski definition) is 4. The fourth-order valence-electron chi connectivity index (χ4n) is 3.68. The first-order chi connectivity index (χ1) is 13.1. The average molecular weight is 363 g/mol. The van der Waals surface area contributed by atoms with Crippen molar-refractivity contribution in [3.05, 3.63) is 59.7 Å². The van der Waals surface area contributed by atoms with E-state index in [1.54, 1.807) is 24.3 Å². The third-order valence-corrected chi connectivity index (χ3v) is 5.07. The van der Waals surface area contributed by atoms with Crippen LogP contribution in [0.3, 0.4) is 0 Å². The van der Waals surface area contributed by atoms with Gasteiger partial charge < -0.3 is 10.2 Å². The summed E-state index contributed by atoms with van der Waals surface area (Å²) in [5.74, 6) is -0.875. The highest BCUT2D eigenvalue weighted by atomic mass is 16.2. The first-order valence-electron chi connectivity index (χ1n) is 9.24. The normalized spacial score (nSPS) is 16.0. The van der Waals surface area contributed by atoms with Gasteiger partial charge in [-0.1, -0.05) is 24.3 Å². The van der Waals surface area contributed by atoms with E-state index < -0.39 is 0 Å². The van der Waals surface area contributed by atoms with Crippen LogP contribution in [0, 0.1) is 0 Å². The molecule has 2 aliphatic heterocycles. The molecule has 0 bridgehead atoms. The van der Waals surface area contributed by atoms with Gasteiger partial charge in [-0.2, -0.15) is 0 Å². The zero-order valence-corrected chi connectivity index (χ0v) is 15.0. The number of imide groups is 1. The molecule has 138 valence electrons. The van der Waals surface area contributed by atoms with Gasteiger partial charge >= 0.3 is 0 Å². The van der Waals surface area contributed by atoms with E-state index in [2.05, 4.69) is 10.2 Å². The predicted molar refractivity (Wildman–Crippen MR) is 103 cm³/mol. The molecular formula is C21H21N3O3. The van der Waals surface area contributed by atoms with Crippen LogP contribution in [-0.4, -0.2) is 42.3 Å². The molecule has 0 atom stereocenters. The van der Waals surface area contributed by atoms with Crippen LogP contribution < -0.4 is 10.2 Å².